The van der Waals surface area contributed by atoms with Crippen LogP contribution in [0.5, 0.6) is 0 Å². The Morgan fingerprint density at radius 1 is 1.39 bits per heavy atom. The fraction of sp³-hybridized carbons (Fsp3) is 0.714. The third-order valence-corrected chi connectivity index (χ3v) is 2.98. The molecule has 23 heavy (non-hydrogen) atoms. The fourth-order valence-electron chi connectivity index (χ4n) is 1.91. The number of hydrogen-bond acceptors (Lipinski definition) is 6. The first-order chi connectivity index (χ1) is 10.6. The summed E-state index contributed by atoms with van der Waals surface area (Å²) in [7, 11) is 0. The zero-order valence-corrected chi connectivity index (χ0v) is 13.8. The van der Waals surface area contributed by atoms with Crippen LogP contribution in [0, 0.1) is 6.92 Å². The van der Waals surface area contributed by atoms with Crippen LogP contribution in [0.25, 0.3) is 0 Å². The van der Waals surface area contributed by atoms with Crippen LogP contribution in [0.4, 0.5) is 4.79 Å². The predicted octanol–water partition coefficient (Wildman–Crippen LogP) is 1.29. The number of ether oxygens (including phenoxy) is 1. The summed E-state index contributed by atoms with van der Waals surface area (Å²) in [5.41, 5.74) is -0.694. The van der Waals surface area contributed by atoms with Gasteiger partial charge in [0.2, 0.25) is 0 Å². The molecule has 1 unspecified atom stereocenters. The lowest BCUT2D eigenvalue weighted by Crippen LogP contribution is -2.43. The monoisotopic (exact) mass is 329 g/mol. The van der Waals surface area contributed by atoms with Crippen molar-refractivity contribution >= 4 is 12.1 Å². The number of nitrogens with one attached hydrogen (secondary N) is 1. The number of unbranched alkanes of at least 4 members (excludes halogenated alkanes) is 1. The lowest BCUT2D eigenvalue weighted by atomic mass is 10.1. The highest BCUT2D eigenvalue weighted by molar-refractivity contribution is 5.79. The number of rotatable bonds is 7. The molecule has 130 valence electrons. The van der Waals surface area contributed by atoms with E-state index in [4.69, 9.17) is 9.84 Å². The Labute approximate surface area is 133 Å². The summed E-state index contributed by atoms with van der Waals surface area (Å²) in [6.07, 6.45) is 0.523. The van der Waals surface area contributed by atoms with Crippen LogP contribution < -0.4 is 11.1 Å². The summed E-state index contributed by atoms with van der Waals surface area (Å²) in [4.78, 5) is 34.1. The minimum Gasteiger partial charge on any atom is -0.480 e. The van der Waals surface area contributed by atoms with Gasteiger partial charge < -0.3 is 15.2 Å². The molecule has 0 saturated heterocycles. The minimum atomic E-state index is -1.13. The Morgan fingerprint density at radius 3 is 2.52 bits per heavy atom. The molecule has 0 bridgehead atoms. The molecule has 1 rings (SSSR count). The average Bonchev–Trinajstić information content (AvgIpc) is 2.71. The summed E-state index contributed by atoms with van der Waals surface area (Å²) in [6.45, 7) is 7.12. The van der Waals surface area contributed by atoms with Crippen LogP contribution in [0.1, 0.15) is 45.9 Å². The minimum absolute atomic E-state index is 0.230. The molecular weight excluding hydrogens is 306 g/mol. The van der Waals surface area contributed by atoms with Gasteiger partial charge in [-0.3, -0.25) is 9.09 Å². The van der Waals surface area contributed by atoms with E-state index in [1.54, 1.807) is 27.7 Å². The van der Waals surface area contributed by atoms with E-state index in [9.17, 15) is 14.4 Å². The molecule has 0 aliphatic rings. The smallest absolute Gasteiger partial charge is 0.441 e. The fourth-order valence-corrected chi connectivity index (χ4v) is 1.91. The molecule has 0 aromatic carbocycles. The Kier molecular flexibility index (Phi) is 6.35. The Morgan fingerprint density at radius 2 is 2.04 bits per heavy atom. The van der Waals surface area contributed by atoms with Crippen molar-refractivity contribution in [3.63, 3.8) is 0 Å². The Balaban J connectivity index is 2.43. The largest absolute Gasteiger partial charge is 0.480 e. The van der Waals surface area contributed by atoms with E-state index in [0.29, 0.717) is 25.2 Å². The summed E-state index contributed by atoms with van der Waals surface area (Å²) < 4.78 is 10.9. The van der Waals surface area contributed by atoms with Crippen molar-refractivity contribution in [2.24, 2.45) is 0 Å². The summed E-state index contributed by atoms with van der Waals surface area (Å²) >= 11 is 0. The lowest BCUT2D eigenvalue weighted by molar-refractivity contribution is -0.139. The van der Waals surface area contributed by atoms with E-state index in [1.807, 2.05) is 0 Å². The number of alkyl carbamates (subject to hydrolysis) is 1. The highest BCUT2D eigenvalue weighted by atomic mass is 16.6. The number of hydrogen-bond donors (Lipinski definition) is 2. The zero-order chi connectivity index (χ0) is 17.6. The third-order valence-electron chi connectivity index (χ3n) is 2.98. The van der Waals surface area contributed by atoms with E-state index < -0.39 is 29.5 Å². The van der Waals surface area contributed by atoms with Crippen LogP contribution >= 0.6 is 0 Å². The maximum absolute atomic E-state index is 11.6. The number of carboxylic acids is 1. The molecule has 1 amide bonds. The quantitative estimate of drug-likeness (QED) is 0.722. The number of amides is 1. The van der Waals surface area contributed by atoms with Gasteiger partial charge in [-0.25, -0.2) is 14.4 Å². The highest BCUT2D eigenvalue weighted by Crippen LogP contribution is 2.09. The van der Waals surface area contributed by atoms with Gasteiger partial charge in [-0.1, -0.05) is 5.16 Å². The van der Waals surface area contributed by atoms with Gasteiger partial charge in [0, 0.05) is 6.54 Å². The van der Waals surface area contributed by atoms with E-state index in [-0.39, 0.29) is 6.42 Å². The predicted molar refractivity (Wildman–Crippen MR) is 80.1 cm³/mol. The van der Waals surface area contributed by atoms with Gasteiger partial charge in [0.25, 0.3) is 0 Å². The van der Waals surface area contributed by atoms with E-state index >= 15 is 0 Å². The van der Waals surface area contributed by atoms with Crippen molar-refractivity contribution in [1.82, 2.24) is 15.0 Å². The third kappa shape index (κ3) is 6.54. The first kappa shape index (κ1) is 18.7. The standard InChI is InChI=1S/C14H23N3O6/c1-9-16-23-13(21)17(9)8-6-5-7-10(11(18)19)15-12(20)22-14(2,3)4/h10H,5-8H2,1-4H3,(H,15,20)(H,18,19). The van der Waals surface area contributed by atoms with Gasteiger partial charge in [-0.2, -0.15) is 0 Å². The number of aryl methyl sites for hydroxylation is 1. The first-order valence-electron chi connectivity index (χ1n) is 7.35. The van der Waals surface area contributed by atoms with Crippen LogP contribution in [-0.4, -0.2) is 38.5 Å². The molecule has 2 N–H and O–H groups in total. The number of carboxylic acid groups (broad SMARTS) is 1. The van der Waals surface area contributed by atoms with Crippen molar-refractivity contribution in [3.05, 3.63) is 16.4 Å². The number of aromatic nitrogens is 2. The second kappa shape index (κ2) is 7.80. The van der Waals surface area contributed by atoms with Crippen molar-refractivity contribution in [2.45, 2.75) is 65.1 Å². The SMILES string of the molecule is Cc1noc(=O)n1CCCCC(NC(=O)OC(C)(C)C)C(=O)O. The van der Waals surface area contributed by atoms with Crippen LogP contribution in [0.15, 0.2) is 9.32 Å². The summed E-state index contributed by atoms with van der Waals surface area (Å²) in [5.74, 6) is -1.20. The molecule has 1 heterocycles. The molecule has 0 aliphatic carbocycles. The molecule has 0 saturated carbocycles. The van der Waals surface area contributed by atoms with Crippen molar-refractivity contribution in [1.29, 1.82) is 0 Å². The zero-order valence-electron chi connectivity index (χ0n) is 13.8. The molecule has 1 aromatic heterocycles. The van der Waals surface area contributed by atoms with Gasteiger partial charge in [-0.05, 0) is 47.0 Å². The molecule has 0 fully saturated rings. The average molecular weight is 329 g/mol. The summed E-state index contributed by atoms with van der Waals surface area (Å²) in [6, 6.07) is -1.04. The van der Waals surface area contributed by atoms with Gasteiger partial charge in [0.05, 0.1) is 0 Å². The van der Waals surface area contributed by atoms with Crippen LogP contribution in [0.3, 0.4) is 0 Å². The van der Waals surface area contributed by atoms with Crippen LogP contribution in [-0.2, 0) is 16.1 Å². The first-order valence-corrected chi connectivity index (χ1v) is 7.35. The molecular formula is C14H23N3O6. The molecule has 1 aromatic rings. The normalized spacial score (nSPS) is 12.7. The highest BCUT2D eigenvalue weighted by Gasteiger charge is 2.23. The summed E-state index contributed by atoms with van der Waals surface area (Å²) in [5, 5.41) is 15.0. The molecule has 9 nitrogen and oxygen atoms in total. The molecule has 0 radical (unpaired) electrons. The maximum Gasteiger partial charge on any atom is 0.441 e. The van der Waals surface area contributed by atoms with E-state index in [2.05, 4.69) is 15.0 Å². The van der Waals surface area contributed by atoms with Crippen molar-refractivity contribution in [3.8, 4) is 0 Å². The second-order valence-corrected chi connectivity index (χ2v) is 6.18. The van der Waals surface area contributed by atoms with E-state index in [1.165, 1.54) is 4.57 Å². The maximum atomic E-state index is 11.6. The van der Waals surface area contributed by atoms with Gasteiger partial charge >= 0.3 is 17.8 Å². The second-order valence-electron chi connectivity index (χ2n) is 6.18. The van der Waals surface area contributed by atoms with E-state index in [0.717, 1.165) is 0 Å². The van der Waals surface area contributed by atoms with Crippen molar-refractivity contribution in [2.75, 3.05) is 0 Å². The number of carbonyl (C=O) groups is 2. The number of nitrogens with zero attached hydrogens (tertiary/aromatic N) is 2. The molecule has 0 spiro atoms. The number of carbonyl (C=O) groups excluding carboxylic acids is 1. The Bertz CT molecular complexity index is 598. The topological polar surface area (TPSA) is 124 Å². The molecule has 0 aliphatic heterocycles. The Hall–Kier alpha value is -2.32. The number of aliphatic carboxylic acids is 1. The lowest BCUT2D eigenvalue weighted by Gasteiger charge is -2.22. The molecule has 9 heteroatoms. The van der Waals surface area contributed by atoms with Gasteiger partial charge in [0.15, 0.2) is 5.82 Å². The van der Waals surface area contributed by atoms with Crippen molar-refractivity contribution < 1.29 is 24.0 Å². The van der Waals surface area contributed by atoms with Crippen LogP contribution in [0.2, 0.25) is 0 Å². The van der Waals surface area contributed by atoms with Gasteiger partial charge in [0.1, 0.15) is 11.6 Å². The molecule has 1 atom stereocenters. The van der Waals surface area contributed by atoms with Gasteiger partial charge in [-0.15, -0.1) is 0 Å².